The van der Waals surface area contributed by atoms with Gasteiger partial charge in [0.25, 0.3) is 0 Å². The van der Waals surface area contributed by atoms with Crippen LogP contribution in [0.1, 0.15) is 26.7 Å². The van der Waals surface area contributed by atoms with Crippen molar-refractivity contribution < 1.29 is 9.53 Å². The second-order valence-corrected chi connectivity index (χ2v) is 7.01. The van der Waals surface area contributed by atoms with Gasteiger partial charge in [-0.2, -0.15) is 0 Å². The maximum Gasteiger partial charge on any atom is 0.306 e. The lowest BCUT2D eigenvalue weighted by molar-refractivity contribution is -0.144. The highest BCUT2D eigenvalue weighted by atomic mass is 79.9. The van der Waals surface area contributed by atoms with Crippen molar-refractivity contribution >= 4 is 56.7 Å². The molecule has 0 aliphatic heterocycles. The minimum absolute atomic E-state index is 0.0191. The molecule has 0 spiro atoms. The molecule has 0 aromatic rings. The Morgan fingerprint density at radius 3 is 2.40 bits per heavy atom. The number of hydrogen-bond donors (Lipinski definition) is 0. The summed E-state index contributed by atoms with van der Waals surface area (Å²) in [7, 11) is 0. The standard InChI is InChI=1S/C9H14BrCl3O2/c1-3-15-8(14)4-6(2)7(10)5-9(11,12)13/h6-7H,3-5H2,1-2H3. The van der Waals surface area contributed by atoms with Crippen LogP contribution in [0.15, 0.2) is 0 Å². The van der Waals surface area contributed by atoms with E-state index in [1.807, 2.05) is 6.92 Å². The third-order valence-corrected chi connectivity index (χ3v) is 3.53. The Hall–Kier alpha value is 0.820. The Bertz CT molecular complexity index is 206. The van der Waals surface area contributed by atoms with Crippen molar-refractivity contribution in [1.29, 1.82) is 0 Å². The lowest BCUT2D eigenvalue weighted by Crippen LogP contribution is -2.21. The molecule has 0 aliphatic rings. The first-order chi connectivity index (χ1) is 6.76. The van der Waals surface area contributed by atoms with Gasteiger partial charge in [-0.1, -0.05) is 57.7 Å². The zero-order chi connectivity index (χ0) is 12.1. The van der Waals surface area contributed by atoms with Crippen molar-refractivity contribution in [1.82, 2.24) is 0 Å². The first-order valence-corrected chi connectivity index (χ1v) is 6.67. The Morgan fingerprint density at radius 1 is 1.47 bits per heavy atom. The van der Waals surface area contributed by atoms with Crippen LogP contribution in [-0.2, 0) is 9.53 Å². The molecular weight excluding hydrogens is 326 g/mol. The molecule has 2 unspecified atom stereocenters. The molecule has 0 aromatic heterocycles. The molecule has 0 saturated heterocycles. The van der Waals surface area contributed by atoms with Gasteiger partial charge in [-0.15, -0.1) is 0 Å². The fourth-order valence-electron chi connectivity index (χ4n) is 1.03. The summed E-state index contributed by atoms with van der Waals surface area (Å²) in [6.45, 7) is 4.07. The molecule has 0 saturated carbocycles. The van der Waals surface area contributed by atoms with Crippen molar-refractivity contribution in [3.8, 4) is 0 Å². The van der Waals surface area contributed by atoms with E-state index in [1.165, 1.54) is 0 Å². The number of halogens is 4. The molecule has 2 atom stereocenters. The lowest BCUT2D eigenvalue weighted by atomic mass is 10.0. The summed E-state index contributed by atoms with van der Waals surface area (Å²) in [5, 5.41) is 0. The molecule has 6 heteroatoms. The average molecular weight is 340 g/mol. The molecule has 15 heavy (non-hydrogen) atoms. The average Bonchev–Trinajstić information content (AvgIpc) is 2.00. The first-order valence-electron chi connectivity index (χ1n) is 4.62. The summed E-state index contributed by atoms with van der Waals surface area (Å²) in [4.78, 5) is 11.2. The molecule has 2 nitrogen and oxygen atoms in total. The van der Waals surface area contributed by atoms with Crippen LogP contribution in [0.2, 0.25) is 0 Å². The van der Waals surface area contributed by atoms with Gasteiger partial charge in [-0.3, -0.25) is 4.79 Å². The number of alkyl halides is 4. The number of hydrogen-bond acceptors (Lipinski definition) is 2. The third-order valence-electron chi connectivity index (χ3n) is 1.84. The molecule has 0 fully saturated rings. The van der Waals surface area contributed by atoms with E-state index in [4.69, 9.17) is 39.5 Å². The Morgan fingerprint density at radius 2 is 2.00 bits per heavy atom. The zero-order valence-corrected chi connectivity index (χ0v) is 12.5. The van der Waals surface area contributed by atoms with Gasteiger partial charge in [0.15, 0.2) is 3.79 Å². The minimum Gasteiger partial charge on any atom is -0.466 e. The predicted molar refractivity (Wildman–Crippen MR) is 68.0 cm³/mol. The minimum atomic E-state index is -1.29. The van der Waals surface area contributed by atoms with Gasteiger partial charge in [0.1, 0.15) is 0 Å². The summed E-state index contributed by atoms with van der Waals surface area (Å²) in [5.41, 5.74) is 0. The molecule has 0 N–H and O–H groups in total. The second-order valence-electron chi connectivity index (χ2n) is 3.32. The highest BCUT2D eigenvalue weighted by Crippen LogP contribution is 2.36. The van der Waals surface area contributed by atoms with Gasteiger partial charge in [-0.25, -0.2) is 0 Å². The van der Waals surface area contributed by atoms with E-state index in [-0.39, 0.29) is 16.7 Å². The van der Waals surface area contributed by atoms with E-state index in [0.717, 1.165) is 0 Å². The van der Waals surface area contributed by atoms with Crippen LogP contribution in [0.4, 0.5) is 0 Å². The van der Waals surface area contributed by atoms with Crippen molar-refractivity contribution in [3.63, 3.8) is 0 Å². The second kappa shape index (κ2) is 7.21. The highest BCUT2D eigenvalue weighted by molar-refractivity contribution is 9.09. The van der Waals surface area contributed by atoms with Crippen LogP contribution in [0.25, 0.3) is 0 Å². The van der Waals surface area contributed by atoms with Gasteiger partial charge in [0.2, 0.25) is 0 Å². The topological polar surface area (TPSA) is 26.3 Å². The smallest absolute Gasteiger partial charge is 0.306 e. The van der Waals surface area contributed by atoms with Gasteiger partial charge < -0.3 is 4.74 Å². The van der Waals surface area contributed by atoms with Crippen LogP contribution in [0.3, 0.4) is 0 Å². The molecule has 90 valence electrons. The number of rotatable bonds is 5. The van der Waals surface area contributed by atoms with Gasteiger partial charge in [0, 0.05) is 17.7 Å². The van der Waals surface area contributed by atoms with E-state index in [2.05, 4.69) is 15.9 Å². The number of ether oxygens (including phenoxy) is 1. The van der Waals surface area contributed by atoms with Gasteiger partial charge >= 0.3 is 5.97 Å². The Balaban J connectivity index is 3.99. The van der Waals surface area contributed by atoms with Crippen molar-refractivity contribution in [2.75, 3.05) is 6.61 Å². The van der Waals surface area contributed by atoms with Crippen molar-refractivity contribution in [2.24, 2.45) is 5.92 Å². The molecule has 0 heterocycles. The van der Waals surface area contributed by atoms with E-state index in [0.29, 0.717) is 19.4 Å². The highest BCUT2D eigenvalue weighted by Gasteiger charge is 2.28. The summed E-state index contributed by atoms with van der Waals surface area (Å²) in [6, 6.07) is 0. The van der Waals surface area contributed by atoms with Crippen LogP contribution < -0.4 is 0 Å². The van der Waals surface area contributed by atoms with E-state index >= 15 is 0 Å². The summed E-state index contributed by atoms with van der Waals surface area (Å²) < 4.78 is 3.54. The fraction of sp³-hybridized carbons (Fsp3) is 0.889. The molecule has 0 rings (SSSR count). The predicted octanol–water partition coefficient (Wildman–Crippen LogP) is 4.10. The van der Waals surface area contributed by atoms with Crippen molar-refractivity contribution in [2.45, 2.75) is 35.3 Å². The molecule has 0 radical (unpaired) electrons. The van der Waals surface area contributed by atoms with Crippen LogP contribution in [0, 0.1) is 5.92 Å². The molecule has 0 amide bonds. The van der Waals surface area contributed by atoms with Crippen molar-refractivity contribution in [3.05, 3.63) is 0 Å². The fourth-order valence-corrected chi connectivity index (χ4v) is 2.76. The Kier molecular flexibility index (Phi) is 7.60. The van der Waals surface area contributed by atoms with E-state index in [1.54, 1.807) is 6.92 Å². The molecule has 0 aromatic carbocycles. The van der Waals surface area contributed by atoms with Crippen LogP contribution >= 0.6 is 50.7 Å². The SMILES string of the molecule is CCOC(=O)CC(C)C(Br)CC(Cl)(Cl)Cl. The number of carbonyl (C=O) groups excluding carboxylic acids is 1. The summed E-state index contributed by atoms with van der Waals surface area (Å²) in [5.74, 6) is -0.154. The Labute approximate surface area is 114 Å². The number of carbonyl (C=O) groups is 1. The quantitative estimate of drug-likeness (QED) is 0.556. The normalized spacial score (nSPS) is 15.9. The first kappa shape index (κ1) is 15.8. The molecule has 0 aliphatic carbocycles. The zero-order valence-electron chi connectivity index (χ0n) is 8.60. The third kappa shape index (κ3) is 8.61. The summed E-state index contributed by atoms with van der Waals surface area (Å²) in [6.07, 6.45) is 0.683. The number of esters is 1. The van der Waals surface area contributed by atoms with Crippen LogP contribution in [-0.4, -0.2) is 21.2 Å². The maximum absolute atomic E-state index is 11.2. The summed E-state index contributed by atoms with van der Waals surface area (Å²) >= 11 is 20.4. The lowest BCUT2D eigenvalue weighted by Gasteiger charge is -2.21. The monoisotopic (exact) mass is 338 g/mol. The van der Waals surface area contributed by atoms with E-state index < -0.39 is 3.79 Å². The molecule has 0 bridgehead atoms. The van der Waals surface area contributed by atoms with E-state index in [9.17, 15) is 4.79 Å². The van der Waals surface area contributed by atoms with Gasteiger partial charge in [-0.05, 0) is 12.8 Å². The van der Waals surface area contributed by atoms with Crippen LogP contribution in [0.5, 0.6) is 0 Å². The maximum atomic E-state index is 11.2. The van der Waals surface area contributed by atoms with Gasteiger partial charge in [0.05, 0.1) is 6.61 Å². The molecular formula is C9H14BrCl3O2. The largest absolute Gasteiger partial charge is 0.466 e.